The van der Waals surface area contributed by atoms with E-state index < -0.39 is 10.0 Å². The molecule has 0 aliphatic carbocycles. The topological polar surface area (TPSA) is 46.2 Å². The second-order valence-electron chi connectivity index (χ2n) is 4.96. The molecular weight excluding hydrogens is 282 g/mol. The summed E-state index contributed by atoms with van der Waals surface area (Å²) < 4.78 is 27.8. The molecule has 0 spiro atoms. The molecule has 2 aromatic carbocycles. The second-order valence-corrected chi connectivity index (χ2v) is 6.69. The summed E-state index contributed by atoms with van der Waals surface area (Å²) >= 11 is 0. The van der Waals surface area contributed by atoms with Crippen LogP contribution in [0.1, 0.15) is 30.5 Å². The van der Waals surface area contributed by atoms with Gasteiger partial charge in [0.15, 0.2) is 0 Å². The Hall–Kier alpha value is -1.65. The molecular formula is C17H21NO2S. The van der Waals surface area contributed by atoms with Gasteiger partial charge in [-0.3, -0.25) is 0 Å². The Morgan fingerprint density at radius 3 is 2.24 bits per heavy atom. The van der Waals surface area contributed by atoms with Crippen molar-refractivity contribution in [2.75, 3.05) is 0 Å². The molecule has 0 atom stereocenters. The minimum absolute atomic E-state index is 0.308. The predicted octanol–water partition coefficient (Wildman–Crippen LogP) is 3.29. The van der Waals surface area contributed by atoms with Crippen LogP contribution in [0.3, 0.4) is 0 Å². The molecule has 0 aliphatic rings. The number of hydrogen-bond donors (Lipinski definition) is 1. The summed E-state index contributed by atoms with van der Waals surface area (Å²) in [5, 5.41) is 0. The average Bonchev–Trinajstić information content (AvgIpc) is 2.53. The van der Waals surface area contributed by atoms with Crippen LogP contribution in [0.4, 0.5) is 0 Å². The third kappa shape index (κ3) is 3.93. The van der Waals surface area contributed by atoms with Crippen molar-refractivity contribution in [1.82, 2.24) is 4.72 Å². The Morgan fingerprint density at radius 1 is 0.905 bits per heavy atom. The molecule has 21 heavy (non-hydrogen) atoms. The van der Waals surface area contributed by atoms with E-state index >= 15 is 0 Å². The molecule has 0 aliphatic heterocycles. The maximum atomic E-state index is 12.5. The van der Waals surface area contributed by atoms with Gasteiger partial charge in [0.05, 0.1) is 4.90 Å². The van der Waals surface area contributed by atoms with Gasteiger partial charge in [0.1, 0.15) is 0 Å². The molecule has 0 aromatic heterocycles. The normalized spacial score (nSPS) is 11.5. The molecule has 0 heterocycles. The molecule has 112 valence electrons. The Labute approximate surface area is 127 Å². The van der Waals surface area contributed by atoms with Crippen LogP contribution in [-0.2, 0) is 29.4 Å². The third-order valence-corrected chi connectivity index (χ3v) is 5.00. The van der Waals surface area contributed by atoms with Crippen LogP contribution >= 0.6 is 0 Å². The van der Waals surface area contributed by atoms with Crippen LogP contribution in [0.25, 0.3) is 0 Å². The minimum Gasteiger partial charge on any atom is -0.207 e. The number of benzene rings is 2. The molecule has 2 aromatic rings. The van der Waals surface area contributed by atoms with Gasteiger partial charge in [-0.15, -0.1) is 0 Å². The van der Waals surface area contributed by atoms with E-state index in [0.29, 0.717) is 17.9 Å². The number of hydrogen-bond acceptors (Lipinski definition) is 2. The Balaban J connectivity index is 2.26. The van der Waals surface area contributed by atoms with E-state index in [1.807, 2.05) is 56.3 Å². The maximum absolute atomic E-state index is 12.5. The monoisotopic (exact) mass is 303 g/mol. The van der Waals surface area contributed by atoms with E-state index in [1.54, 1.807) is 6.07 Å². The lowest BCUT2D eigenvalue weighted by Crippen LogP contribution is -2.24. The Kier molecular flexibility index (Phi) is 5.15. The van der Waals surface area contributed by atoms with Gasteiger partial charge in [0, 0.05) is 6.54 Å². The Morgan fingerprint density at radius 2 is 1.62 bits per heavy atom. The van der Waals surface area contributed by atoms with Crippen molar-refractivity contribution in [1.29, 1.82) is 0 Å². The van der Waals surface area contributed by atoms with Crippen molar-refractivity contribution in [3.05, 3.63) is 65.2 Å². The fraction of sp³-hybridized carbons (Fsp3) is 0.294. The lowest BCUT2D eigenvalue weighted by molar-refractivity contribution is 0.580. The van der Waals surface area contributed by atoms with Gasteiger partial charge in [-0.25, -0.2) is 13.1 Å². The highest BCUT2D eigenvalue weighted by atomic mass is 32.2. The van der Waals surface area contributed by atoms with Crippen molar-refractivity contribution in [2.45, 2.75) is 38.1 Å². The summed E-state index contributed by atoms with van der Waals surface area (Å²) in [6.45, 7) is 4.30. The van der Waals surface area contributed by atoms with Gasteiger partial charge in [-0.1, -0.05) is 56.3 Å². The largest absolute Gasteiger partial charge is 0.241 e. The van der Waals surface area contributed by atoms with Gasteiger partial charge in [-0.2, -0.15) is 0 Å². The van der Waals surface area contributed by atoms with Gasteiger partial charge in [-0.05, 0) is 35.6 Å². The molecule has 3 nitrogen and oxygen atoms in total. The van der Waals surface area contributed by atoms with Crippen molar-refractivity contribution >= 4 is 10.0 Å². The minimum atomic E-state index is -3.48. The van der Waals surface area contributed by atoms with E-state index in [4.69, 9.17) is 0 Å². The highest BCUT2D eigenvalue weighted by Crippen LogP contribution is 2.19. The molecule has 0 radical (unpaired) electrons. The quantitative estimate of drug-likeness (QED) is 0.890. The molecule has 0 saturated carbocycles. The third-order valence-electron chi connectivity index (χ3n) is 3.52. The zero-order chi connectivity index (χ0) is 15.3. The van der Waals surface area contributed by atoms with Crippen LogP contribution in [0.2, 0.25) is 0 Å². The van der Waals surface area contributed by atoms with E-state index in [0.717, 1.165) is 23.1 Å². The van der Waals surface area contributed by atoms with Crippen molar-refractivity contribution in [3.63, 3.8) is 0 Å². The zero-order valence-corrected chi connectivity index (χ0v) is 13.3. The highest BCUT2D eigenvalue weighted by molar-refractivity contribution is 7.89. The molecule has 1 N–H and O–H groups in total. The fourth-order valence-corrected chi connectivity index (χ4v) is 3.59. The number of rotatable bonds is 6. The van der Waals surface area contributed by atoms with Gasteiger partial charge >= 0.3 is 0 Å². The molecule has 0 amide bonds. The molecule has 4 heteroatoms. The lowest BCUT2D eigenvalue weighted by atomic mass is 10.1. The van der Waals surface area contributed by atoms with E-state index in [2.05, 4.69) is 4.72 Å². The fourth-order valence-electron chi connectivity index (χ4n) is 2.21. The van der Waals surface area contributed by atoms with Crippen LogP contribution < -0.4 is 4.72 Å². The Bertz CT molecular complexity index is 694. The number of sulfonamides is 1. The predicted molar refractivity (Wildman–Crippen MR) is 85.7 cm³/mol. The smallest absolute Gasteiger partial charge is 0.207 e. The molecule has 0 unspecified atom stereocenters. The maximum Gasteiger partial charge on any atom is 0.241 e. The zero-order valence-electron chi connectivity index (χ0n) is 12.5. The van der Waals surface area contributed by atoms with Gasteiger partial charge in [0.2, 0.25) is 10.0 Å². The number of nitrogens with one attached hydrogen (secondary N) is 1. The van der Waals surface area contributed by atoms with E-state index in [1.165, 1.54) is 0 Å². The average molecular weight is 303 g/mol. The van der Waals surface area contributed by atoms with Crippen molar-refractivity contribution in [2.24, 2.45) is 0 Å². The summed E-state index contributed by atoms with van der Waals surface area (Å²) in [6.07, 6.45) is 1.52. The van der Waals surface area contributed by atoms with E-state index in [-0.39, 0.29) is 0 Å². The number of aryl methyl sites for hydroxylation is 2. The first kappa shape index (κ1) is 15.7. The first-order chi connectivity index (χ1) is 10.1. The first-order valence-corrected chi connectivity index (χ1v) is 8.70. The summed E-state index contributed by atoms with van der Waals surface area (Å²) in [6, 6.07) is 15.2. The molecule has 0 saturated heterocycles. The van der Waals surface area contributed by atoms with E-state index in [9.17, 15) is 8.42 Å². The lowest BCUT2D eigenvalue weighted by Gasteiger charge is -2.12. The van der Waals surface area contributed by atoms with Crippen molar-refractivity contribution < 1.29 is 8.42 Å². The van der Waals surface area contributed by atoms with Crippen LogP contribution in [0, 0.1) is 0 Å². The van der Waals surface area contributed by atoms with Gasteiger partial charge < -0.3 is 0 Å². The standard InChI is InChI=1S/C17H21NO2S/c1-3-14-10-11-16(4-2)17(12-14)21(19,20)18-13-15-8-6-5-7-9-15/h5-12,18H,3-4,13H2,1-2H3. The highest BCUT2D eigenvalue weighted by Gasteiger charge is 2.17. The first-order valence-electron chi connectivity index (χ1n) is 7.22. The summed E-state index contributed by atoms with van der Waals surface area (Å²) in [4.78, 5) is 0.403. The SMILES string of the molecule is CCc1ccc(CC)c(S(=O)(=O)NCc2ccccc2)c1. The van der Waals surface area contributed by atoms with Gasteiger partial charge in [0.25, 0.3) is 0 Å². The molecule has 0 bridgehead atoms. The molecule has 2 rings (SSSR count). The summed E-state index contributed by atoms with van der Waals surface area (Å²) in [5.41, 5.74) is 2.84. The summed E-state index contributed by atoms with van der Waals surface area (Å²) in [5.74, 6) is 0. The summed E-state index contributed by atoms with van der Waals surface area (Å²) in [7, 11) is -3.48. The van der Waals surface area contributed by atoms with Crippen LogP contribution in [0.15, 0.2) is 53.4 Å². The molecule has 0 fully saturated rings. The second kappa shape index (κ2) is 6.87. The van der Waals surface area contributed by atoms with Crippen molar-refractivity contribution in [3.8, 4) is 0 Å². The van der Waals surface area contributed by atoms with Crippen LogP contribution in [0.5, 0.6) is 0 Å². The van der Waals surface area contributed by atoms with Crippen LogP contribution in [-0.4, -0.2) is 8.42 Å².